The van der Waals surface area contributed by atoms with Crippen molar-refractivity contribution in [3.05, 3.63) is 29.6 Å². The highest BCUT2D eigenvalue weighted by Gasteiger charge is 2.30. The van der Waals surface area contributed by atoms with Crippen molar-refractivity contribution in [3.63, 3.8) is 0 Å². The Bertz CT molecular complexity index is 421. The largest absolute Gasteiger partial charge is 0.496 e. The fourth-order valence-electron chi connectivity index (χ4n) is 2.73. The molecule has 1 heterocycles. The van der Waals surface area contributed by atoms with Gasteiger partial charge < -0.3 is 10.1 Å². The van der Waals surface area contributed by atoms with Gasteiger partial charge in [-0.25, -0.2) is 4.39 Å². The third-order valence-corrected chi connectivity index (χ3v) is 3.86. The Kier molecular flexibility index (Phi) is 4.77. The molecule has 1 aliphatic rings. The Balaban J connectivity index is 2.27. The summed E-state index contributed by atoms with van der Waals surface area (Å²) in [4.78, 5) is 2.37. The Labute approximate surface area is 114 Å². The van der Waals surface area contributed by atoms with Crippen LogP contribution in [0.4, 0.5) is 4.39 Å². The summed E-state index contributed by atoms with van der Waals surface area (Å²) in [6, 6.07) is 5.57. The molecular weight excluding hydrogens is 243 g/mol. The van der Waals surface area contributed by atoms with Crippen LogP contribution in [0.1, 0.15) is 31.9 Å². The minimum absolute atomic E-state index is 0.0307. The molecule has 3 nitrogen and oxygen atoms in total. The third kappa shape index (κ3) is 2.90. The molecule has 1 aromatic rings. The minimum Gasteiger partial charge on any atom is -0.496 e. The van der Waals surface area contributed by atoms with Crippen LogP contribution in [0.5, 0.6) is 5.75 Å². The summed E-state index contributed by atoms with van der Waals surface area (Å²) in [6.45, 7) is 7.17. The van der Waals surface area contributed by atoms with Crippen LogP contribution in [-0.4, -0.2) is 37.7 Å². The van der Waals surface area contributed by atoms with Gasteiger partial charge in [0.2, 0.25) is 0 Å². The first kappa shape index (κ1) is 14.3. The van der Waals surface area contributed by atoms with Gasteiger partial charge in [0.1, 0.15) is 11.6 Å². The van der Waals surface area contributed by atoms with Crippen LogP contribution in [0.2, 0.25) is 0 Å². The van der Waals surface area contributed by atoms with Gasteiger partial charge in [-0.05, 0) is 32.0 Å². The average molecular weight is 266 g/mol. The summed E-state index contributed by atoms with van der Waals surface area (Å²) in [5, 5.41) is 3.28. The Morgan fingerprint density at radius 1 is 1.47 bits per heavy atom. The summed E-state index contributed by atoms with van der Waals surface area (Å²) >= 11 is 0. The summed E-state index contributed by atoms with van der Waals surface area (Å²) < 4.78 is 19.5. The Morgan fingerprint density at radius 3 is 2.74 bits per heavy atom. The maximum atomic E-state index is 14.2. The first-order chi connectivity index (χ1) is 9.19. The molecule has 0 saturated carbocycles. The zero-order valence-corrected chi connectivity index (χ0v) is 11.9. The van der Waals surface area contributed by atoms with Gasteiger partial charge in [-0.3, -0.25) is 4.90 Å². The second-order valence-corrected chi connectivity index (χ2v) is 5.08. The lowest BCUT2D eigenvalue weighted by Crippen LogP contribution is -2.57. The van der Waals surface area contributed by atoms with E-state index in [1.54, 1.807) is 13.2 Å². The molecule has 1 aromatic carbocycles. The molecule has 19 heavy (non-hydrogen) atoms. The summed E-state index contributed by atoms with van der Waals surface area (Å²) in [5.74, 6) is 0.459. The van der Waals surface area contributed by atoms with Crippen LogP contribution < -0.4 is 10.1 Å². The number of hydrogen-bond acceptors (Lipinski definition) is 3. The molecule has 0 spiro atoms. The van der Waals surface area contributed by atoms with Gasteiger partial charge in [0.15, 0.2) is 0 Å². The van der Waals surface area contributed by atoms with E-state index in [9.17, 15) is 4.39 Å². The van der Waals surface area contributed by atoms with Crippen molar-refractivity contribution in [1.82, 2.24) is 10.2 Å². The number of halogens is 1. The zero-order valence-electron chi connectivity index (χ0n) is 11.9. The molecule has 0 aliphatic carbocycles. The predicted molar refractivity (Wildman–Crippen MR) is 75.0 cm³/mol. The third-order valence-electron chi connectivity index (χ3n) is 3.86. The van der Waals surface area contributed by atoms with Gasteiger partial charge in [0.25, 0.3) is 0 Å². The van der Waals surface area contributed by atoms with Gasteiger partial charge in [0.05, 0.1) is 7.11 Å². The molecule has 0 amide bonds. The Hall–Kier alpha value is -1.13. The van der Waals surface area contributed by atoms with Crippen LogP contribution in [0.15, 0.2) is 18.2 Å². The molecule has 1 saturated heterocycles. The molecule has 0 aromatic heterocycles. The van der Waals surface area contributed by atoms with Crippen molar-refractivity contribution < 1.29 is 9.13 Å². The van der Waals surface area contributed by atoms with E-state index in [0.717, 1.165) is 26.1 Å². The van der Waals surface area contributed by atoms with E-state index in [-0.39, 0.29) is 11.9 Å². The van der Waals surface area contributed by atoms with E-state index < -0.39 is 0 Å². The van der Waals surface area contributed by atoms with E-state index in [2.05, 4.69) is 24.1 Å². The van der Waals surface area contributed by atoms with E-state index in [4.69, 9.17) is 4.74 Å². The van der Waals surface area contributed by atoms with Gasteiger partial charge in [-0.1, -0.05) is 13.0 Å². The molecule has 1 fully saturated rings. The SMILES string of the molecule is CCCN(C1CNC1)C(C)c1c(F)cccc1OC. The van der Waals surface area contributed by atoms with Crippen LogP contribution in [-0.2, 0) is 0 Å². The predicted octanol–water partition coefficient (Wildman–Crippen LogP) is 2.58. The van der Waals surface area contributed by atoms with Gasteiger partial charge in [-0.2, -0.15) is 0 Å². The molecule has 1 unspecified atom stereocenters. The maximum absolute atomic E-state index is 14.2. The highest BCUT2D eigenvalue weighted by Crippen LogP contribution is 2.33. The number of rotatable bonds is 6. The summed E-state index contributed by atoms with van der Waals surface area (Å²) in [7, 11) is 1.60. The van der Waals surface area contributed by atoms with Gasteiger partial charge in [-0.15, -0.1) is 0 Å². The monoisotopic (exact) mass is 266 g/mol. The molecule has 2 rings (SSSR count). The lowest BCUT2D eigenvalue weighted by molar-refractivity contribution is 0.0994. The van der Waals surface area contributed by atoms with Crippen LogP contribution in [0.3, 0.4) is 0 Å². The average Bonchev–Trinajstić information content (AvgIpc) is 2.35. The van der Waals surface area contributed by atoms with Crippen molar-refractivity contribution in [3.8, 4) is 5.75 Å². The van der Waals surface area contributed by atoms with E-state index in [1.807, 2.05) is 6.07 Å². The number of hydrogen-bond donors (Lipinski definition) is 1. The van der Waals surface area contributed by atoms with Crippen molar-refractivity contribution in [2.24, 2.45) is 0 Å². The molecule has 4 heteroatoms. The van der Waals surface area contributed by atoms with E-state index >= 15 is 0 Å². The maximum Gasteiger partial charge on any atom is 0.131 e. The number of ether oxygens (including phenoxy) is 1. The highest BCUT2D eigenvalue weighted by molar-refractivity contribution is 5.37. The summed E-state index contributed by atoms with van der Waals surface area (Å²) in [5.41, 5.74) is 0.672. The normalized spacial score (nSPS) is 17.3. The molecule has 0 bridgehead atoms. The quantitative estimate of drug-likeness (QED) is 0.856. The number of nitrogens with one attached hydrogen (secondary N) is 1. The second kappa shape index (κ2) is 6.35. The smallest absolute Gasteiger partial charge is 0.131 e. The van der Waals surface area contributed by atoms with Crippen molar-refractivity contribution >= 4 is 0 Å². The first-order valence-electron chi connectivity index (χ1n) is 6.97. The topological polar surface area (TPSA) is 24.5 Å². The molecule has 1 atom stereocenters. The van der Waals surface area contributed by atoms with Crippen molar-refractivity contribution in [2.75, 3.05) is 26.7 Å². The van der Waals surface area contributed by atoms with Gasteiger partial charge in [0, 0.05) is 30.7 Å². The van der Waals surface area contributed by atoms with Crippen LogP contribution >= 0.6 is 0 Å². The first-order valence-corrected chi connectivity index (χ1v) is 6.97. The zero-order chi connectivity index (χ0) is 13.8. The number of nitrogens with zero attached hydrogens (tertiary/aromatic N) is 1. The van der Waals surface area contributed by atoms with Gasteiger partial charge >= 0.3 is 0 Å². The second-order valence-electron chi connectivity index (χ2n) is 5.08. The molecule has 1 N–H and O–H groups in total. The molecule has 1 aliphatic heterocycles. The Morgan fingerprint density at radius 2 is 2.21 bits per heavy atom. The van der Waals surface area contributed by atoms with Crippen LogP contribution in [0, 0.1) is 5.82 Å². The highest BCUT2D eigenvalue weighted by atomic mass is 19.1. The van der Waals surface area contributed by atoms with E-state index in [0.29, 0.717) is 17.4 Å². The number of methoxy groups -OCH3 is 1. The molecule has 0 radical (unpaired) electrons. The van der Waals surface area contributed by atoms with Crippen molar-refractivity contribution in [1.29, 1.82) is 0 Å². The fourth-order valence-corrected chi connectivity index (χ4v) is 2.73. The number of benzene rings is 1. The van der Waals surface area contributed by atoms with Crippen molar-refractivity contribution in [2.45, 2.75) is 32.4 Å². The molecule has 106 valence electrons. The van der Waals surface area contributed by atoms with E-state index in [1.165, 1.54) is 6.07 Å². The lowest BCUT2D eigenvalue weighted by atomic mass is 10.0. The lowest BCUT2D eigenvalue weighted by Gasteiger charge is -2.42. The fraction of sp³-hybridized carbons (Fsp3) is 0.600. The summed E-state index contributed by atoms with van der Waals surface area (Å²) in [6.07, 6.45) is 1.07. The van der Waals surface area contributed by atoms with Crippen LogP contribution in [0.25, 0.3) is 0 Å². The minimum atomic E-state index is -0.180. The standard InChI is InChI=1S/C15H23FN2O/c1-4-8-18(12-9-17-10-12)11(2)15-13(16)6-5-7-14(15)19-3/h5-7,11-12,17H,4,8-10H2,1-3H3. The molecular formula is C15H23FN2O.